The molecule has 0 unspecified atom stereocenters. The number of amides is 1. The first-order chi connectivity index (χ1) is 10.0. The van der Waals surface area contributed by atoms with Gasteiger partial charge in [0, 0.05) is 21.5 Å². The summed E-state index contributed by atoms with van der Waals surface area (Å²) >= 11 is 10.9. The summed E-state index contributed by atoms with van der Waals surface area (Å²) < 4.78 is 1.73. The van der Waals surface area contributed by atoms with Gasteiger partial charge in [0.15, 0.2) is 0 Å². The molecule has 110 valence electrons. The monoisotopic (exact) mass is 383 g/mol. The maximum atomic E-state index is 12.6. The number of carbonyl (C=O) groups is 1. The molecule has 0 saturated heterocycles. The molecule has 0 saturated carbocycles. The van der Waals surface area contributed by atoms with E-state index < -0.39 is 0 Å². The molecule has 0 radical (unpaired) electrons. The third kappa shape index (κ3) is 4.19. The van der Waals surface area contributed by atoms with Crippen molar-refractivity contribution in [2.75, 3.05) is 6.54 Å². The molecule has 0 N–H and O–H groups in total. The lowest BCUT2D eigenvalue weighted by Gasteiger charge is -2.21. The summed E-state index contributed by atoms with van der Waals surface area (Å²) in [5.74, 6) is -0.00461. The molecule has 0 aliphatic heterocycles. The van der Waals surface area contributed by atoms with Crippen molar-refractivity contribution in [2.45, 2.75) is 13.5 Å². The molecule has 5 heteroatoms. The molecule has 0 fully saturated rings. The van der Waals surface area contributed by atoms with Crippen molar-refractivity contribution in [3.63, 3.8) is 0 Å². The van der Waals surface area contributed by atoms with Gasteiger partial charge in [-0.2, -0.15) is 0 Å². The van der Waals surface area contributed by atoms with E-state index >= 15 is 0 Å². The van der Waals surface area contributed by atoms with E-state index in [0.717, 1.165) is 19.2 Å². The Hall–Kier alpha value is -1.10. The molecule has 2 rings (SSSR count). The van der Waals surface area contributed by atoms with E-state index in [1.54, 1.807) is 11.0 Å². The van der Waals surface area contributed by atoms with E-state index in [1.165, 1.54) is 11.3 Å². The van der Waals surface area contributed by atoms with Crippen LogP contribution in [0.3, 0.4) is 0 Å². The quantitative estimate of drug-likeness (QED) is 0.640. The number of rotatable bonds is 5. The fourth-order valence-corrected chi connectivity index (χ4v) is 3.31. The van der Waals surface area contributed by atoms with Gasteiger partial charge < -0.3 is 4.90 Å². The highest BCUT2D eigenvalue weighted by atomic mass is 79.9. The first-order valence-corrected chi connectivity index (χ1v) is 8.40. The van der Waals surface area contributed by atoms with Crippen LogP contribution in [0.2, 0.25) is 4.34 Å². The summed E-state index contributed by atoms with van der Waals surface area (Å²) in [5.41, 5.74) is 1.72. The van der Waals surface area contributed by atoms with E-state index in [0.29, 0.717) is 18.7 Å². The summed E-state index contributed by atoms with van der Waals surface area (Å²) in [7, 11) is 0. The van der Waals surface area contributed by atoms with Crippen molar-refractivity contribution in [3.8, 4) is 0 Å². The van der Waals surface area contributed by atoms with E-state index in [4.69, 9.17) is 11.6 Å². The molecule has 1 aromatic heterocycles. The smallest absolute Gasteiger partial charge is 0.254 e. The van der Waals surface area contributed by atoms with Crippen LogP contribution < -0.4 is 0 Å². The average molecular weight is 385 g/mol. The van der Waals surface area contributed by atoms with Crippen LogP contribution in [-0.4, -0.2) is 17.4 Å². The normalized spacial score (nSPS) is 10.4. The van der Waals surface area contributed by atoms with Crippen molar-refractivity contribution in [1.82, 2.24) is 4.90 Å². The Kier molecular flexibility index (Phi) is 5.62. The summed E-state index contributed by atoms with van der Waals surface area (Å²) in [6.07, 6.45) is 1.73. The molecule has 1 amide bonds. The maximum Gasteiger partial charge on any atom is 0.254 e. The van der Waals surface area contributed by atoms with Crippen molar-refractivity contribution in [2.24, 2.45) is 0 Å². The van der Waals surface area contributed by atoms with Crippen LogP contribution >= 0.6 is 38.9 Å². The number of benzene rings is 1. The van der Waals surface area contributed by atoms with Gasteiger partial charge in [0.25, 0.3) is 5.91 Å². The second kappa shape index (κ2) is 7.25. The molecular weight excluding hydrogens is 370 g/mol. The van der Waals surface area contributed by atoms with Gasteiger partial charge in [-0.05, 0) is 42.8 Å². The lowest BCUT2D eigenvalue weighted by Crippen LogP contribution is -2.30. The zero-order valence-electron chi connectivity index (χ0n) is 11.6. The first kappa shape index (κ1) is 16.3. The van der Waals surface area contributed by atoms with Crippen LogP contribution in [0.1, 0.15) is 20.8 Å². The molecule has 2 aromatic rings. The molecule has 21 heavy (non-hydrogen) atoms. The third-order valence-electron chi connectivity index (χ3n) is 3.02. The second-order valence-corrected chi connectivity index (χ2v) is 7.30. The lowest BCUT2D eigenvalue weighted by atomic mass is 10.1. The zero-order valence-corrected chi connectivity index (χ0v) is 14.8. The highest BCUT2D eigenvalue weighted by Gasteiger charge is 2.16. The Morgan fingerprint density at radius 3 is 2.76 bits per heavy atom. The topological polar surface area (TPSA) is 20.3 Å². The standard InChI is InChI=1S/C16H15BrClNOS/c1-3-8-19(10-13-5-7-15(18)21-13)16(20)12-4-6-14(17)11(2)9-12/h3-7,9H,1,8,10H2,2H3. The average Bonchev–Trinajstić information content (AvgIpc) is 2.86. The molecule has 0 aliphatic rings. The molecular formula is C16H15BrClNOS. The van der Waals surface area contributed by atoms with Gasteiger partial charge in [0.2, 0.25) is 0 Å². The molecule has 2 nitrogen and oxygen atoms in total. The van der Waals surface area contributed by atoms with Crippen LogP contribution in [0, 0.1) is 6.92 Å². The van der Waals surface area contributed by atoms with Crippen molar-refractivity contribution >= 4 is 44.8 Å². The van der Waals surface area contributed by atoms with Crippen molar-refractivity contribution < 1.29 is 4.79 Å². The molecule has 0 bridgehead atoms. The van der Waals surface area contributed by atoms with E-state index in [1.807, 2.05) is 37.3 Å². The number of hydrogen-bond donors (Lipinski definition) is 0. The number of nitrogens with zero attached hydrogens (tertiary/aromatic N) is 1. The van der Waals surface area contributed by atoms with E-state index in [2.05, 4.69) is 22.5 Å². The van der Waals surface area contributed by atoms with Gasteiger partial charge in [-0.25, -0.2) is 0 Å². The minimum atomic E-state index is -0.00461. The number of aryl methyl sites for hydroxylation is 1. The number of thiophene rings is 1. The summed E-state index contributed by atoms with van der Waals surface area (Å²) in [5, 5.41) is 0. The first-order valence-electron chi connectivity index (χ1n) is 6.42. The molecule has 0 spiro atoms. The summed E-state index contributed by atoms with van der Waals surface area (Å²) in [6, 6.07) is 9.42. The van der Waals surface area contributed by atoms with Gasteiger partial charge in [-0.3, -0.25) is 4.79 Å². The third-order valence-corrected chi connectivity index (χ3v) is 5.12. The molecule has 1 heterocycles. The Morgan fingerprint density at radius 1 is 1.43 bits per heavy atom. The zero-order chi connectivity index (χ0) is 15.4. The SMILES string of the molecule is C=CCN(Cc1ccc(Cl)s1)C(=O)c1ccc(Br)c(C)c1. The second-order valence-electron chi connectivity index (χ2n) is 4.64. The summed E-state index contributed by atoms with van der Waals surface area (Å²) in [6.45, 7) is 6.74. The fourth-order valence-electron chi connectivity index (χ4n) is 1.96. The predicted molar refractivity (Wildman–Crippen MR) is 93.1 cm³/mol. The van der Waals surface area contributed by atoms with Gasteiger partial charge >= 0.3 is 0 Å². The predicted octanol–water partition coefficient (Wildman–Crippen LogP) is 5.30. The Bertz CT molecular complexity index is 668. The van der Waals surface area contributed by atoms with E-state index in [9.17, 15) is 4.79 Å². The minimum absolute atomic E-state index is 0.00461. The molecule has 0 aliphatic carbocycles. The van der Waals surface area contributed by atoms with Crippen LogP contribution in [0.5, 0.6) is 0 Å². The largest absolute Gasteiger partial charge is 0.330 e. The number of carbonyl (C=O) groups excluding carboxylic acids is 1. The maximum absolute atomic E-state index is 12.6. The van der Waals surface area contributed by atoms with Crippen molar-refractivity contribution in [3.05, 3.63) is 67.8 Å². The molecule has 0 atom stereocenters. The van der Waals surface area contributed by atoms with Crippen LogP contribution in [0.25, 0.3) is 0 Å². The Balaban J connectivity index is 2.22. The van der Waals surface area contributed by atoms with Gasteiger partial charge in [0.1, 0.15) is 0 Å². The minimum Gasteiger partial charge on any atom is -0.330 e. The highest BCUT2D eigenvalue weighted by molar-refractivity contribution is 9.10. The van der Waals surface area contributed by atoms with Crippen LogP contribution in [0.15, 0.2) is 47.5 Å². The number of hydrogen-bond acceptors (Lipinski definition) is 2. The fraction of sp³-hybridized carbons (Fsp3) is 0.188. The lowest BCUT2D eigenvalue weighted by molar-refractivity contribution is 0.0764. The highest BCUT2D eigenvalue weighted by Crippen LogP contribution is 2.24. The van der Waals surface area contributed by atoms with Gasteiger partial charge in [-0.1, -0.05) is 33.6 Å². The van der Waals surface area contributed by atoms with Gasteiger partial charge in [-0.15, -0.1) is 17.9 Å². The van der Waals surface area contributed by atoms with Gasteiger partial charge in [0.05, 0.1) is 10.9 Å². The van der Waals surface area contributed by atoms with Crippen molar-refractivity contribution in [1.29, 1.82) is 0 Å². The van der Waals surface area contributed by atoms with E-state index in [-0.39, 0.29) is 5.91 Å². The molecule has 1 aromatic carbocycles. The van der Waals surface area contributed by atoms with Crippen LogP contribution in [-0.2, 0) is 6.54 Å². The Labute approximate surface area is 142 Å². The number of halogens is 2. The Morgan fingerprint density at radius 2 is 2.19 bits per heavy atom. The van der Waals surface area contributed by atoms with Crippen LogP contribution in [0.4, 0.5) is 0 Å². The summed E-state index contributed by atoms with van der Waals surface area (Å²) in [4.78, 5) is 15.5.